The van der Waals surface area contributed by atoms with Crippen LogP contribution in [0.4, 0.5) is 8.78 Å². The average Bonchev–Trinajstić information content (AvgIpc) is 3.52. The highest BCUT2D eigenvalue weighted by Crippen LogP contribution is 2.35. The number of ether oxygens (including phenoxy) is 3. The van der Waals surface area contributed by atoms with Crippen LogP contribution in [0.3, 0.4) is 0 Å². The fraction of sp³-hybridized carbons (Fsp3) is 0.545. The van der Waals surface area contributed by atoms with Gasteiger partial charge in [-0.25, -0.2) is 18.1 Å². The van der Waals surface area contributed by atoms with E-state index in [2.05, 4.69) is 36.6 Å². The Labute approximate surface area is 213 Å². The first-order valence-electron chi connectivity index (χ1n) is 11.3. The van der Waals surface area contributed by atoms with Gasteiger partial charge in [0.25, 0.3) is 0 Å². The molecule has 2 N–H and O–H groups in total. The monoisotopic (exact) mass is 570 g/mol. The van der Waals surface area contributed by atoms with Crippen molar-refractivity contribution in [2.75, 3.05) is 26.9 Å². The van der Waals surface area contributed by atoms with Gasteiger partial charge in [0.15, 0.2) is 11.6 Å². The summed E-state index contributed by atoms with van der Waals surface area (Å²) >= 11 is 2.95. The lowest BCUT2D eigenvalue weighted by molar-refractivity contribution is -0.212. The van der Waals surface area contributed by atoms with Gasteiger partial charge in [-0.1, -0.05) is 10.4 Å². The predicted octanol–water partition coefficient (Wildman–Crippen LogP) is 1.24. The molecule has 5 rings (SSSR count). The Morgan fingerprint density at radius 2 is 1.94 bits per heavy atom. The largest absolute Gasteiger partial charge is 0.394 e. The third kappa shape index (κ3) is 4.35. The minimum Gasteiger partial charge on any atom is -0.394 e. The Bertz CT molecular complexity index is 1240. The van der Waals surface area contributed by atoms with Gasteiger partial charge in [-0.3, -0.25) is 0 Å². The van der Waals surface area contributed by atoms with Crippen molar-refractivity contribution in [3.8, 4) is 11.3 Å². The number of halogens is 3. The number of nitrogens with zero attached hydrogens (tertiary/aromatic N) is 6. The highest BCUT2D eigenvalue weighted by atomic mass is 79.9. The van der Waals surface area contributed by atoms with E-state index in [0.29, 0.717) is 18.9 Å². The first-order valence-corrected chi connectivity index (χ1v) is 12.1. The van der Waals surface area contributed by atoms with E-state index in [4.69, 9.17) is 14.2 Å². The van der Waals surface area contributed by atoms with Crippen LogP contribution < -0.4 is 0 Å². The minimum absolute atomic E-state index is 0.0140. The van der Waals surface area contributed by atoms with Crippen LogP contribution in [-0.2, 0) is 26.2 Å². The van der Waals surface area contributed by atoms with Gasteiger partial charge in [-0.05, 0) is 35.0 Å². The van der Waals surface area contributed by atoms with E-state index < -0.39 is 48.7 Å². The highest BCUT2D eigenvalue weighted by molar-refractivity contribution is 9.10. The van der Waals surface area contributed by atoms with Crippen LogP contribution in [0.25, 0.3) is 11.3 Å². The maximum absolute atomic E-state index is 14.5. The molecule has 0 radical (unpaired) electrons. The van der Waals surface area contributed by atoms with Crippen LogP contribution in [0, 0.1) is 11.6 Å². The van der Waals surface area contributed by atoms with Gasteiger partial charge < -0.3 is 24.4 Å². The maximum Gasteiger partial charge on any atom is 0.173 e. The van der Waals surface area contributed by atoms with E-state index in [1.807, 2.05) is 13.1 Å². The van der Waals surface area contributed by atoms with E-state index in [1.165, 1.54) is 30.1 Å². The Kier molecular flexibility index (Phi) is 6.91. The zero-order valence-electron chi connectivity index (χ0n) is 19.5. The van der Waals surface area contributed by atoms with E-state index in [-0.39, 0.29) is 27.7 Å². The fourth-order valence-corrected chi connectivity index (χ4v) is 4.90. The second-order valence-electron chi connectivity index (χ2n) is 9.23. The molecular weight excluding hydrogens is 546 g/mol. The summed E-state index contributed by atoms with van der Waals surface area (Å²) in [6.45, 7) is 2.63. The van der Waals surface area contributed by atoms with Crippen LogP contribution in [0.5, 0.6) is 0 Å². The lowest BCUT2D eigenvalue weighted by Crippen LogP contribution is -2.57. The summed E-state index contributed by atoms with van der Waals surface area (Å²) in [6, 6.07) is 1.90. The van der Waals surface area contributed by atoms with Gasteiger partial charge >= 0.3 is 0 Å². The lowest BCUT2D eigenvalue weighted by Gasteiger charge is -2.43. The van der Waals surface area contributed by atoms with Gasteiger partial charge in [0.2, 0.25) is 0 Å². The lowest BCUT2D eigenvalue weighted by atomic mass is 9.90. The van der Waals surface area contributed by atoms with E-state index >= 15 is 0 Å². The quantitative estimate of drug-likeness (QED) is 0.403. The number of aliphatic hydroxyl groups is 2. The Balaban J connectivity index is 1.43. The number of hydrogen-bond acceptors (Lipinski definition) is 9. The molecule has 3 aromatic rings. The molecule has 0 spiro atoms. The standard InChI is InChI=1S/C22H25BrF2N6O5/c1-22(9-35-10-22)31-6-11(26-29-31)5-15-21(34-2)19(20(33)16(8-32)36-15)30-7-14(27-28-30)12-3-4-13(23)18(25)17(12)24/h3-4,6-7,15-16,19-21,32-33H,5,8-10H2,1-2H3/t15-,16-,19+,20+,21+/m1/s1. The molecule has 194 valence electrons. The zero-order valence-corrected chi connectivity index (χ0v) is 21.0. The Morgan fingerprint density at radius 1 is 1.17 bits per heavy atom. The van der Waals surface area contributed by atoms with Gasteiger partial charge in [0, 0.05) is 25.3 Å². The van der Waals surface area contributed by atoms with Gasteiger partial charge in [0.05, 0.1) is 42.3 Å². The molecular formula is C22H25BrF2N6O5. The molecule has 11 nitrogen and oxygen atoms in total. The summed E-state index contributed by atoms with van der Waals surface area (Å²) in [7, 11) is 1.46. The molecule has 4 heterocycles. The molecule has 1 aromatic carbocycles. The van der Waals surface area contributed by atoms with Crippen molar-refractivity contribution >= 4 is 15.9 Å². The Hall–Kier alpha value is -2.36. The minimum atomic E-state index is -1.22. The second kappa shape index (κ2) is 9.84. The summed E-state index contributed by atoms with van der Waals surface area (Å²) in [4.78, 5) is 0. The van der Waals surface area contributed by atoms with Crippen LogP contribution in [0.1, 0.15) is 18.7 Å². The molecule has 2 fully saturated rings. The van der Waals surface area contributed by atoms with Crippen molar-refractivity contribution in [2.24, 2.45) is 0 Å². The van der Waals surface area contributed by atoms with Crippen LogP contribution in [-0.4, -0.2) is 91.5 Å². The molecule has 2 aliphatic rings. The van der Waals surface area contributed by atoms with Gasteiger partial charge in [-0.15, -0.1) is 10.2 Å². The van der Waals surface area contributed by atoms with Gasteiger partial charge in [0.1, 0.15) is 35.6 Å². The van der Waals surface area contributed by atoms with Crippen LogP contribution >= 0.6 is 15.9 Å². The summed E-state index contributed by atoms with van der Waals surface area (Å²) in [5.74, 6) is -2.12. The fourth-order valence-electron chi connectivity index (χ4n) is 4.59. The maximum atomic E-state index is 14.5. The second-order valence-corrected chi connectivity index (χ2v) is 10.1. The number of aliphatic hydroxyl groups excluding tert-OH is 2. The average molecular weight is 571 g/mol. The molecule has 5 atom stereocenters. The molecule has 0 bridgehead atoms. The number of rotatable bonds is 7. The number of benzene rings is 1. The molecule has 2 aromatic heterocycles. The van der Waals surface area contributed by atoms with Crippen LogP contribution in [0.15, 0.2) is 29.0 Å². The first kappa shape index (κ1) is 25.3. The van der Waals surface area contributed by atoms with Crippen molar-refractivity contribution in [2.45, 2.75) is 49.3 Å². The molecule has 0 amide bonds. The molecule has 0 aliphatic carbocycles. The van der Waals surface area contributed by atoms with Crippen molar-refractivity contribution in [3.05, 3.63) is 46.3 Å². The summed E-state index contributed by atoms with van der Waals surface area (Å²) in [5.41, 5.74) is 0.361. The molecule has 0 saturated carbocycles. The first-order chi connectivity index (χ1) is 17.3. The number of methoxy groups -OCH3 is 1. The zero-order chi connectivity index (χ0) is 25.6. The third-order valence-electron chi connectivity index (χ3n) is 6.69. The molecule has 0 unspecified atom stereocenters. The topological polar surface area (TPSA) is 130 Å². The highest BCUT2D eigenvalue weighted by Gasteiger charge is 2.47. The molecule has 36 heavy (non-hydrogen) atoms. The summed E-state index contributed by atoms with van der Waals surface area (Å²) < 4.78 is 48.7. The summed E-state index contributed by atoms with van der Waals surface area (Å²) in [6.07, 6.45) is -0.0560. The van der Waals surface area contributed by atoms with E-state index in [0.717, 1.165) is 0 Å². The SMILES string of the molecule is CO[C@@H]1[C@@H](n2cc(-c3ccc(Br)c(F)c3F)nn2)[C@@H](O)[C@@H](CO)O[C@@H]1Cc1cn(C2(C)COC2)nn1. The van der Waals surface area contributed by atoms with Crippen molar-refractivity contribution in [3.63, 3.8) is 0 Å². The van der Waals surface area contributed by atoms with E-state index in [9.17, 15) is 19.0 Å². The third-order valence-corrected chi connectivity index (χ3v) is 7.31. The van der Waals surface area contributed by atoms with Crippen molar-refractivity contribution in [1.82, 2.24) is 30.0 Å². The number of aromatic nitrogens is 6. The van der Waals surface area contributed by atoms with Crippen molar-refractivity contribution in [1.29, 1.82) is 0 Å². The van der Waals surface area contributed by atoms with E-state index in [1.54, 1.807) is 4.68 Å². The van der Waals surface area contributed by atoms with Gasteiger partial charge in [-0.2, -0.15) is 0 Å². The summed E-state index contributed by atoms with van der Waals surface area (Å²) in [5, 5.41) is 37.4. The number of hydrogen-bond donors (Lipinski definition) is 2. The predicted molar refractivity (Wildman–Crippen MR) is 123 cm³/mol. The Morgan fingerprint density at radius 3 is 2.61 bits per heavy atom. The van der Waals surface area contributed by atoms with Crippen LogP contribution in [0.2, 0.25) is 0 Å². The van der Waals surface area contributed by atoms with Crippen molar-refractivity contribution < 1.29 is 33.2 Å². The molecule has 14 heteroatoms. The smallest absolute Gasteiger partial charge is 0.173 e. The molecule has 2 aliphatic heterocycles. The molecule has 2 saturated heterocycles. The normalized spacial score (nSPS) is 27.7.